The minimum absolute atomic E-state index is 0.0516. The van der Waals surface area contributed by atoms with Gasteiger partial charge in [-0.05, 0) is 31.5 Å². The van der Waals surface area contributed by atoms with Crippen LogP contribution in [-0.2, 0) is 4.79 Å². The van der Waals surface area contributed by atoms with Gasteiger partial charge < -0.3 is 10.6 Å². The molecule has 0 radical (unpaired) electrons. The van der Waals surface area contributed by atoms with Gasteiger partial charge in [-0.15, -0.1) is 0 Å². The first-order valence-electron chi connectivity index (χ1n) is 5.18. The van der Waals surface area contributed by atoms with Crippen LogP contribution < -0.4 is 10.6 Å². The second-order valence-corrected chi connectivity index (χ2v) is 3.45. The largest absolute Gasteiger partial charge is 0.376 e. The lowest BCUT2D eigenvalue weighted by Gasteiger charge is -2.09. The van der Waals surface area contributed by atoms with Crippen molar-refractivity contribution in [2.24, 2.45) is 0 Å². The summed E-state index contributed by atoms with van der Waals surface area (Å²) in [5, 5.41) is 14.5. The van der Waals surface area contributed by atoms with Crippen molar-refractivity contribution < 1.29 is 4.79 Å². The van der Waals surface area contributed by atoms with Crippen molar-refractivity contribution in [3.63, 3.8) is 0 Å². The van der Waals surface area contributed by atoms with Gasteiger partial charge >= 0.3 is 0 Å². The van der Waals surface area contributed by atoms with E-state index in [-0.39, 0.29) is 12.5 Å². The molecule has 0 unspecified atom stereocenters. The van der Waals surface area contributed by atoms with E-state index in [1.54, 1.807) is 12.1 Å². The van der Waals surface area contributed by atoms with E-state index < -0.39 is 0 Å². The Labute approximate surface area is 95.3 Å². The predicted octanol–water partition coefficient (Wildman–Crippen LogP) is 1.41. The van der Waals surface area contributed by atoms with Crippen LogP contribution in [0.5, 0.6) is 0 Å². The van der Waals surface area contributed by atoms with E-state index in [9.17, 15) is 4.79 Å². The predicted molar refractivity (Wildman–Crippen MR) is 63.1 cm³/mol. The highest BCUT2D eigenvalue weighted by Crippen LogP contribution is 2.15. The van der Waals surface area contributed by atoms with Crippen molar-refractivity contribution in [1.82, 2.24) is 5.32 Å². The maximum atomic E-state index is 11.2. The number of rotatable bonds is 4. The minimum atomic E-state index is -0.0516. The lowest BCUT2D eigenvalue weighted by atomic mass is 10.1. The van der Waals surface area contributed by atoms with E-state index >= 15 is 0 Å². The Kier molecular flexibility index (Phi) is 4.34. The Hall–Kier alpha value is -2.02. The summed E-state index contributed by atoms with van der Waals surface area (Å²) in [6.45, 7) is 4.65. The fraction of sp³-hybridized carbons (Fsp3) is 0.333. The van der Waals surface area contributed by atoms with Gasteiger partial charge in [-0.1, -0.05) is 6.07 Å². The van der Waals surface area contributed by atoms with Gasteiger partial charge in [-0.25, -0.2) is 0 Å². The number of carbonyl (C=O) groups excluding carboxylic acids is 1. The van der Waals surface area contributed by atoms with Crippen LogP contribution in [-0.4, -0.2) is 19.0 Å². The van der Waals surface area contributed by atoms with Gasteiger partial charge in [0.2, 0.25) is 5.91 Å². The van der Waals surface area contributed by atoms with Crippen LogP contribution in [0.4, 0.5) is 5.69 Å². The molecule has 1 aromatic rings. The van der Waals surface area contributed by atoms with E-state index in [2.05, 4.69) is 16.7 Å². The molecule has 0 spiro atoms. The normalized spacial score (nSPS) is 9.31. The molecule has 0 aliphatic rings. The first-order chi connectivity index (χ1) is 7.67. The maximum absolute atomic E-state index is 11.2. The fourth-order valence-corrected chi connectivity index (χ4v) is 1.32. The molecule has 1 aromatic carbocycles. The highest BCUT2D eigenvalue weighted by Gasteiger charge is 2.02. The first-order valence-corrected chi connectivity index (χ1v) is 5.18. The molecule has 0 saturated heterocycles. The Morgan fingerprint density at radius 2 is 2.25 bits per heavy atom. The number of hydrogen-bond acceptors (Lipinski definition) is 3. The number of nitrogens with zero attached hydrogens (tertiary/aromatic N) is 1. The zero-order chi connectivity index (χ0) is 12.0. The summed E-state index contributed by atoms with van der Waals surface area (Å²) in [4.78, 5) is 11.2. The van der Waals surface area contributed by atoms with Crippen LogP contribution >= 0.6 is 0 Å². The standard InChI is InChI=1S/C12H15N3O/c1-3-14-12(16)8-15-11-6-10(7-13)5-4-9(11)2/h4-6,15H,3,8H2,1-2H3,(H,14,16). The Balaban J connectivity index is 2.66. The summed E-state index contributed by atoms with van der Waals surface area (Å²) in [6.07, 6.45) is 0. The quantitative estimate of drug-likeness (QED) is 0.801. The van der Waals surface area contributed by atoms with Crippen LogP contribution in [0.3, 0.4) is 0 Å². The van der Waals surface area contributed by atoms with E-state index in [1.807, 2.05) is 19.9 Å². The van der Waals surface area contributed by atoms with Crippen molar-refractivity contribution >= 4 is 11.6 Å². The summed E-state index contributed by atoms with van der Waals surface area (Å²) in [6, 6.07) is 7.43. The number of hydrogen-bond donors (Lipinski definition) is 2. The molecule has 1 amide bonds. The van der Waals surface area contributed by atoms with Crippen molar-refractivity contribution in [2.75, 3.05) is 18.4 Å². The number of aryl methyl sites for hydroxylation is 1. The molecule has 0 saturated carbocycles. The second kappa shape index (κ2) is 5.76. The summed E-state index contributed by atoms with van der Waals surface area (Å²) in [7, 11) is 0. The van der Waals surface area contributed by atoms with Gasteiger partial charge in [0.1, 0.15) is 0 Å². The average Bonchev–Trinajstić information content (AvgIpc) is 2.28. The molecular weight excluding hydrogens is 202 g/mol. The van der Waals surface area contributed by atoms with Crippen LogP contribution in [0, 0.1) is 18.3 Å². The van der Waals surface area contributed by atoms with Crippen LogP contribution in [0.2, 0.25) is 0 Å². The van der Waals surface area contributed by atoms with E-state index in [0.29, 0.717) is 12.1 Å². The third kappa shape index (κ3) is 3.28. The topological polar surface area (TPSA) is 64.9 Å². The molecule has 0 aliphatic heterocycles. The third-order valence-corrected chi connectivity index (χ3v) is 2.18. The third-order valence-electron chi connectivity index (χ3n) is 2.18. The van der Waals surface area contributed by atoms with Crippen LogP contribution in [0.15, 0.2) is 18.2 Å². The van der Waals surface area contributed by atoms with Crippen LogP contribution in [0.1, 0.15) is 18.1 Å². The lowest BCUT2D eigenvalue weighted by Crippen LogP contribution is -2.29. The van der Waals surface area contributed by atoms with Crippen molar-refractivity contribution in [1.29, 1.82) is 5.26 Å². The Morgan fingerprint density at radius 1 is 1.50 bits per heavy atom. The van der Waals surface area contributed by atoms with Gasteiger partial charge in [0.05, 0.1) is 18.2 Å². The van der Waals surface area contributed by atoms with E-state index in [4.69, 9.17) is 5.26 Å². The van der Waals surface area contributed by atoms with Gasteiger partial charge in [0.25, 0.3) is 0 Å². The van der Waals surface area contributed by atoms with Gasteiger partial charge in [0.15, 0.2) is 0 Å². The Bertz CT molecular complexity index is 421. The lowest BCUT2D eigenvalue weighted by molar-refractivity contribution is -0.119. The second-order valence-electron chi connectivity index (χ2n) is 3.45. The summed E-state index contributed by atoms with van der Waals surface area (Å²) in [5.74, 6) is -0.0516. The molecule has 84 valence electrons. The van der Waals surface area contributed by atoms with Crippen molar-refractivity contribution in [2.45, 2.75) is 13.8 Å². The van der Waals surface area contributed by atoms with E-state index in [0.717, 1.165) is 11.3 Å². The Morgan fingerprint density at radius 3 is 2.88 bits per heavy atom. The highest BCUT2D eigenvalue weighted by atomic mass is 16.1. The van der Waals surface area contributed by atoms with Gasteiger partial charge in [-0.2, -0.15) is 5.26 Å². The van der Waals surface area contributed by atoms with E-state index in [1.165, 1.54) is 0 Å². The summed E-state index contributed by atoms with van der Waals surface area (Å²) >= 11 is 0. The SMILES string of the molecule is CCNC(=O)CNc1cc(C#N)ccc1C. The average molecular weight is 217 g/mol. The molecule has 1 rings (SSSR count). The number of likely N-dealkylation sites (N-methyl/N-ethyl adjacent to an activating group) is 1. The van der Waals surface area contributed by atoms with Crippen LogP contribution in [0.25, 0.3) is 0 Å². The number of nitrogens with one attached hydrogen (secondary N) is 2. The van der Waals surface area contributed by atoms with Crippen molar-refractivity contribution in [3.05, 3.63) is 29.3 Å². The molecule has 0 atom stereocenters. The number of anilines is 1. The number of benzene rings is 1. The molecule has 4 heteroatoms. The smallest absolute Gasteiger partial charge is 0.239 e. The minimum Gasteiger partial charge on any atom is -0.376 e. The number of carbonyl (C=O) groups is 1. The maximum Gasteiger partial charge on any atom is 0.239 e. The highest BCUT2D eigenvalue weighted by molar-refractivity contribution is 5.81. The van der Waals surface area contributed by atoms with Gasteiger partial charge in [-0.3, -0.25) is 4.79 Å². The molecule has 0 aliphatic carbocycles. The molecule has 0 bridgehead atoms. The number of nitriles is 1. The molecule has 4 nitrogen and oxygen atoms in total. The first kappa shape index (κ1) is 12.1. The monoisotopic (exact) mass is 217 g/mol. The number of amides is 1. The molecule has 2 N–H and O–H groups in total. The zero-order valence-corrected chi connectivity index (χ0v) is 9.50. The zero-order valence-electron chi connectivity index (χ0n) is 9.50. The molecule has 0 aromatic heterocycles. The summed E-state index contributed by atoms with van der Waals surface area (Å²) in [5.41, 5.74) is 2.43. The molecular formula is C12H15N3O. The van der Waals surface area contributed by atoms with Crippen molar-refractivity contribution in [3.8, 4) is 6.07 Å². The fourth-order valence-electron chi connectivity index (χ4n) is 1.32. The molecule has 0 fully saturated rings. The summed E-state index contributed by atoms with van der Waals surface area (Å²) < 4.78 is 0. The van der Waals surface area contributed by atoms with Gasteiger partial charge in [0, 0.05) is 12.2 Å². The molecule has 0 heterocycles. The molecule has 16 heavy (non-hydrogen) atoms.